The van der Waals surface area contributed by atoms with Gasteiger partial charge in [0, 0.05) is 6.04 Å². The molecule has 0 amide bonds. The maximum atomic E-state index is 3.28. The fourth-order valence-corrected chi connectivity index (χ4v) is 1.97. The minimum absolute atomic E-state index is 0.634. The molecule has 1 aromatic carbocycles. The van der Waals surface area contributed by atoms with Crippen molar-refractivity contribution in [3.8, 4) is 0 Å². The first-order valence-corrected chi connectivity index (χ1v) is 5.87. The SMILES string of the molecule is CNC(C)CCCc1c(C)cccc1C. The quantitative estimate of drug-likeness (QED) is 0.778. The van der Waals surface area contributed by atoms with Crippen LogP contribution in [-0.2, 0) is 6.42 Å². The molecule has 1 heteroatoms. The number of aryl methyl sites for hydroxylation is 2. The summed E-state index contributed by atoms with van der Waals surface area (Å²) < 4.78 is 0. The molecule has 15 heavy (non-hydrogen) atoms. The summed E-state index contributed by atoms with van der Waals surface area (Å²) in [6.07, 6.45) is 3.74. The topological polar surface area (TPSA) is 12.0 Å². The van der Waals surface area contributed by atoms with Crippen LogP contribution in [0.2, 0.25) is 0 Å². The van der Waals surface area contributed by atoms with Gasteiger partial charge in [0.15, 0.2) is 0 Å². The Bertz CT molecular complexity index is 284. The standard InChI is InChI=1S/C14H23N/c1-11-7-5-8-12(2)14(11)10-6-9-13(3)15-4/h5,7-8,13,15H,6,9-10H2,1-4H3. The molecule has 0 aromatic heterocycles. The molecular formula is C14H23N. The Balaban J connectivity index is 2.50. The van der Waals surface area contributed by atoms with Crippen molar-refractivity contribution in [1.29, 1.82) is 0 Å². The third-order valence-electron chi connectivity index (χ3n) is 3.20. The van der Waals surface area contributed by atoms with Gasteiger partial charge in [-0.15, -0.1) is 0 Å². The Labute approximate surface area is 93.9 Å². The van der Waals surface area contributed by atoms with E-state index >= 15 is 0 Å². The van der Waals surface area contributed by atoms with Crippen molar-refractivity contribution in [2.45, 2.75) is 46.1 Å². The molecule has 0 aliphatic heterocycles. The minimum atomic E-state index is 0.634. The third-order valence-corrected chi connectivity index (χ3v) is 3.20. The number of benzene rings is 1. The Hall–Kier alpha value is -0.820. The van der Waals surface area contributed by atoms with Gasteiger partial charge in [0.05, 0.1) is 0 Å². The highest BCUT2D eigenvalue weighted by Gasteiger charge is 2.03. The normalized spacial score (nSPS) is 12.8. The highest BCUT2D eigenvalue weighted by Crippen LogP contribution is 2.16. The molecule has 1 unspecified atom stereocenters. The average Bonchev–Trinajstić information content (AvgIpc) is 2.22. The van der Waals surface area contributed by atoms with E-state index in [-0.39, 0.29) is 0 Å². The molecular weight excluding hydrogens is 182 g/mol. The molecule has 1 nitrogen and oxygen atoms in total. The summed E-state index contributed by atoms with van der Waals surface area (Å²) in [5.41, 5.74) is 4.42. The lowest BCUT2D eigenvalue weighted by atomic mass is 9.97. The van der Waals surface area contributed by atoms with E-state index in [0.29, 0.717) is 6.04 Å². The van der Waals surface area contributed by atoms with Gasteiger partial charge in [-0.25, -0.2) is 0 Å². The van der Waals surface area contributed by atoms with Gasteiger partial charge in [-0.05, 0) is 63.8 Å². The van der Waals surface area contributed by atoms with Crippen molar-refractivity contribution in [3.63, 3.8) is 0 Å². The van der Waals surface area contributed by atoms with Crippen molar-refractivity contribution in [2.24, 2.45) is 0 Å². The van der Waals surface area contributed by atoms with Crippen molar-refractivity contribution in [2.75, 3.05) is 7.05 Å². The Morgan fingerprint density at radius 2 is 1.80 bits per heavy atom. The largest absolute Gasteiger partial charge is 0.317 e. The van der Waals surface area contributed by atoms with E-state index in [1.165, 1.54) is 30.4 Å². The van der Waals surface area contributed by atoms with Crippen LogP contribution in [0.4, 0.5) is 0 Å². The monoisotopic (exact) mass is 205 g/mol. The van der Waals surface area contributed by atoms with Gasteiger partial charge in [0.25, 0.3) is 0 Å². The summed E-state index contributed by atoms with van der Waals surface area (Å²) in [5.74, 6) is 0. The second kappa shape index (κ2) is 5.92. The number of rotatable bonds is 5. The summed E-state index contributed by atoms with van der Waals surface area (Å²) in [7, 11) is 2.03. The molecule has 1 aromatic rings. The van der Waals surface area contributed by atoms with Crippen LogP contribution in [0.3, 0.4) is 0 Å². The fraction of sp³-hybridized carbons (Fsp3) is 0.571. The first-order chi connectivity index (χ1) is 7.15. The van der Waals surface area contributed by atoms with Crippen molar-refractivity contribution >= 4 is 0 Å². The number of nitrogens with one attached hydrogen (secondary N) is 1. The highest BCUT2D eigenvalue weighted by atomic mass is 14.8. The molecule has 1 N–H and O–H groups in total. The molecule has 0 heterocycles. The summed E-state index contributed by atoms with van der Waals surface area (Å²) in [4.78, 5) is 0. The lowest BCUT2D eigenvalue weighted by molar-refractivity contribution is 0.541. The zero-order chi connectivity index (χ0) is 11.3. The van der Waals surface area contributed by atoms with Gasteiger partial charge in [-0.3, -0.25) is 0 Å². The predicted octanol–water partition coefficient (Wildman–Crippen LogP) is 3.23. The molecule has 0 fully saturated rings. The third kappa shape index (κ3) is 3.67. The first kappa shape index (κ1) is 12.3. The van der Waals surface area contributed by atoms with Crippen LogP contribution >= 0.6 is 0 Å². The second-order valence-electron chi connectivity index (χ2n) is 4.45. The van der Waals surface area contributed by atoms with E-state index in [9.17, 15) is 0 Å². The van der Waals surface area contributed by atoms with Gasteiger partial charge in [0.1, 0.15) is 0 Å². The molecule has 0 bridgehead atoms. The van der Waals surface area contributed by atoms with Crippen LogP contribution in [0.5, 0.6) is 0 Å². The van der Waals surface area contributed by atoms with E-state index in [4.69, 9.17) is 0 Å². The molecule has 0 saturated heterocycles. The van der Waals surface area contributed by atoms with Crippen LogP contribution in [0.15, 0.2) is 18.2 Å². The van der Waals surface area contributed by atoms with Crippen LogP contribution in [0, 0.1) is 13.8 Å². The molecule has 1 rings (SSSR count). The van der Waals surface area contributed by atoms with E-state index < -0.39 is 0 Å². The summed E-state index contributed by atoms with van der Waals surface area (Å²) in [6, 6.07) is 7.20. The lowest BCUT2D eigenvalue weighted by Crippen LogP contribution is -2.20. The summed E-state index contributed by atoms with van der Waals surface area (Å²) >= 11 is 0. The zero-order valence-corrected chi connectivity index (χ0v) is 10.4. The van der Waals surface area contributed by atoms with Crippen LogP contribution < -0.4 is 5.32 Å². The highest BCUT2D eigenvalue weighted by molar-refractivity contribution is 5.33. The van der Waals surface area contributed by atoms with Crippen LogP contribution in [0.25, 0.3) is 0 Å². The molecule has 0 spiro atoms. The molecule has 1 atom stereocenters. The maximum absolute atomic E-state index is 3.28. The van der Waals surface area contributed by atoms with Crippen molar-refractivity contribution < 1.29 is 0 Å². The van der Waals surface area contributed by atoms with Crippen molar-refractivity contribution in [3.05, 3.63) is 34.9 Å². The van der Waals surface area contributed by atoms with Gasteiger partial charge >= 0.3 is 0 Å². The Kier molecular flexibility index (Phi) is 4.83. The molecule has 0 aliphatic carbocycles. The van der Waals surface area contributed by atoms with Gasteiger partial charge < -0.3 is 5.32 Å². The van der Waals surface area contributed by atoms with Crippen LogP contribution in [-0.4, -0.2) is 13.1 Å². The smallest absolute Gasteiger partial charge is 0.00358 e. The van der Waals surface area contributed by atoms with E-state index in [1.807, 2.05) is 7.05 Å². The molecule has 84 valence electrons. The summed E-state index contributed by atoms with van der Waals surface area (Å²) in [6.45, 7) is 6.67. The fourth-order valence-electron chi connectivity index (χ4n) is 1.97. The van der Waals surface area contributed by atoms with Gasteiger partial charge in [-0.2, -0.15) is 0 Å². The zero-order valence-electron chi connectivity index (χ0n) is 10.4. The average molecular weight is 205 g/mol. The van der Waals surface area contributed by atoms with E-state index in [1.54, 1.807) is 5.56 Å². The van der Waals surface area contributed by atoms with Crippen molar-refractivity contribution in [1.82, 2.24) is 5.32 Å². The van der Waals surface area contributed by atoms with Gasteiger partial charge in [-0.1, -0.05) is 18.2 Å². The first-order valence-electron chi connectivity index (χ1n) is 5.87. The van der Waals surface area contributed by atoms with E-state index in [2.05, 4.69) is 44.3 Å². The Morgan fingerprint density at radius 3 is 2.33 bits per heavy atom. The Morgan fingerprint density at radius 1 is 1.20 bits per heavy atom. The number of hydrogen-bond acceptors (Lipinski definition) is 1. The van der Waals surface area contributed by atoms with Crippen LogP contribution in [0.1, 0.15) is 36.5 Å². The lowest BCUT2D eigenvalue weighted by Gasteiger charge is -2.12. The van der Waals surface area contributed by atoms with Gasteiger partial charge in [0.2, 0.25) is 0 Å². The summed E-state index contributed by atoms with van der Waals surface area (Å²) in [5, 5.41) is 3.28. The predicted molar refractivity (Wildman–Crippen MR) is 67.4 cm³/mol. The molecule has 0 radical (unpaired) electrons. The molecule has 0 aliphatic rings. The minimum Gasteiger partial charge on any atom is -0.317 e. The van der Waals surface area contributed by atoms with E-state index in [0.717, 1.165) is 0 Å². The number of hydrogen-bond donors (Lipinski definition) is 1. The molecule has 0 saturated carbocycles. The maximum Gasteiger partial charge on any atom is 0.00358 e. The second-order valence-corrected chi connectivity index (χ2v) is 4.45.